The van der Waals surface area contributed by atoms with Crippen molar-refractivity contribution in [3.63, 3.8) is 0 Å². The summed E-state index contributed by atoms with van der Waals surface area (Å²) >= 11 is 1.12. The Balaban J connectivity index is 2.14. The predicted molar refractivity (Wildman–Crippen MR) is 32.7 cm³/mol. The topological polar surface area (TPSA) is 77.8 Å². The maximum absolute atomic E-state index is 4.82. The first-order chi connectivity index (χ1) is 5.45. The molecule has 0 bridgehead atoms. The van der Waals surface area contributed by atoms with Crippen LogP contribution in [0, 0.1) is 0 Å². The molecule has 6 nitrogen and oxygen atoms in total. The third-order valence-corrected chi connectivity index (χ3v) is 1.56. The lowest BCUT2D eigenvalue weighted by Gasteiger charge is -1.82. The van der Waals surface area contributed by atoms with E-state index in [1.807, 2.05) is 0 Å². The Labute approximate surface area is 65.0 Å². The molecule has 56 valence electrons. The van der Waals surface area contributed by atoms with Crippen molar-refractivity contribution in [2.45, 2.75) is 10.4 Å². The molecule has 11 heavy (non-hydrogen) atoms. The summed E-state index contributed by atoms with van der Waals surface area (Å²) < 4.78 is 9.64. The van der Waals surface area contributed by atoms with E-state index in [0.29, 0.717) is 10.4 Å². The molecule has 0 aliphatic heterocycles. The second-order valence-electron chi connectivity index (χ2n) is 1.51. The molecule has 0 N–H and O–H groups in total. The van der Waals surface area contributed by atoms with Crippen LogP contribution in [-0.2, 0) is 0 Å². The fraction of sp³-hybridized carbons (Fsp3) is 0. The van der Waals surface area contributed by atoms with E-state index in [1.165, 1.54) is 12.8 Å². The molecular formula is C4H2N4O2S. The van der Waals surface area contributed by atoms with Crippen molar-refractivity contribution in [2.75, 3.05) is 0 Å². The van der Waals surface area contributed by atoms with Gasteiger partial charge in [-0.05, 0) is 0 Å². The molecule has 0 atom stereocenters. The Bertz CT molecular complexity index is 272. The number of rotatable bonds is 2. The summed E-state index contributed by atoms with van der Waals surface area (Å²) in [5.41, 5.74) is 0. The van der Waals surface area contributed by atoms with Gasteiger partial charge in [-0.3, -0.25) is 0 Å². The summed E-state index contributed by atoms with van der Waals surface area (Å²) in [7, 11) is 0. The Hall–Kier alpha value is -1.37. The summed E-state index contributed by atoms with van der Waals surface area (Å²) in [6.45, 7) is 0. The summed E-state index contributed by atoms with van der Waals surface area (Å²) in [6, 6.07) is 0. The van der Waals surface area contributed by atoms with Gasteiger partial charge in [-0.1, -0.05) is 0 Å². The van der Waals surface area contributed by atoms with Crippen LogP contribution in [0.1, 0.15) is 0 Å². The minimum Gasteiger partial charge on any atom is -0.418 e. The van der Waals surface area contributed by atoms with Crippen LogP contribution in [0.2, 0.25) is 0 Å². The SMILES string of the molecule is c1nnc(Sc2nnco2)o1. The summed E-state index contributed by atoms with van der Waals surface area (Å²) in [4.78, 5) is 0. The van der Waals surface area contributed by atoms with E-state index >= 15 is 0 Å². The Morgan fingerprint density at radius 2 is 1.55 bits per heavy atom. The van der Waals surface area contributed by atoms with Gasteiger partial charge in [-0.2, -0.15) is 0 Å². The van der Waals surface area contributed by atoms with Crippen molar-refractivity contribution in [1.29, 1.82) is 0 Å². The Kier molecular flexibility index (Phi) is 1.56. The number of aromatic nitrogens is 4. The van der Waals surface area contributed by atoms with Crippen LogP contribution in [0.4, 0.5) is 0 Å². The molecule has 0 fully saturated rings. The van der Waals surface area contributed by atoms with Gasteiger partial charge in [0.1, 0.15) is 0 Å². The lowest BCUT2D eigenvalue weighted by atomic mass is 11.5. The number of hydrogen-bond acceptors (Lipinski definition) is 7. The smallest absolute Gasteiger partial charge is 0.285 e. The van der Waals surface area contributed by atoms with Crippen molar-refractivity contribution in [3.8, 4) is 0 Å². The highest BCUT2D eigenvalue weighted by molar-refractivity contribution is 7.98. The quantitative estimate of drug-likeness (QED) is 0.653. The highest BCUT2D eigenvalue weighted by Gasteiger charge is 2.05. The molecule has 0 aromatic carbocycles. The van der Waals surface area contributed by atoms with E-state index in [4.69, 9.17) is 8.83 Å². The molecule has 0 spiro atoms. The molecule has 2 aromatic heterocycles. The predicted octanol–water partition coefficient (Wildman–Crippen LogP) is 0.604. The standard InChI is InChI=1S/C4H2N4O2S/c1-5-7-3(9-1)11-4-8-6-2-10-4/h1-2H. The van der Waals surface area contributed by atoms with Crippen molar-refractivity contribution in [2.24, 2.45) is 0 Å². The molecular weight excluding hydrogens is 168 g/mol. The van der Waals surface area contributed by atoms with Gasteiger partial charge in [-0.15, -0.1) is 20.4 Å². The Morgan fingerprint density at radius 3 is 1.91 bits per heavy atom. The molecule has 0 aliphatic carbocycles. The average molecular weight is 170 g/mol. The second kappa shape index (κ2) is 2.70. The van der Waals surface area contributed by atoms with Crippen molar-refractivity contribution in [3.05, 3.63) is 12.8 Å². The van der Waals surface area contributed by atoms with E-state index in [1.54, 1.807) is 0 Å². The van der Waals surface area contributed by atoms with Gasteiger partial charge in [0.15, 0.2) is 0 Å². The zero-order valence-corrected chi connectivity index (χ0v) is 5.98. The summed E-state index contributed by atoms with van der Waals surface area (Å²) in [6.07, 6.45) is 2.47. The lowest BCUT2D eigenvalue weighted by molar-refractivity contribution is 0.431. The second-order valence-corrected chi connectivity index (χ2v) is 2.41. The molecule has 0 saturated carbocycles. The molecule has 2 aromatic rings. The van der Waals surface area contributed by atoms with Gasteiger partial charge in [0.2, 0.25) is 12.8 Å². The average Bonchev–Trinajstić information content (AvgIpc) is 2.60. The maximum atomic E-state index is 4.82. The molecule has 2 heterocycles. The van der Waals surface area contributed by atoms with Crippen molar-refractivity contribution >= 4 is 11.8 Å². The van der Waals surface area contributed by atoms with Gasteiger partial charge in [0.25, 0.3) is 10.4 Å². The zero-order valence-electron chi connectivity index (χ0n) is 5.17. The summed E-state index contributed by atoms with van der Waals surface area (Å²) in [5, 5.41) is 14.9. The molecule has 0 amide bonds. The normalized spacial score (nSPS) is 10.2. The number of nitrogens with zero attached hydrogens (tertiary/aromatic N) is 4. The first-order valence-electron chi connectivity index (χ1n) is 2.65. The summed E-state index contributed by atoms with van der Waals surface area (Å²) in [5.74, 6) is 0. The maximum Gasteiger partial charge on any atom is 0.285 e. The molecule has 7 heteroatoms. The van der Waals surface area contributed by atoms with Crippen LogP contribution >= 0.6 is 11.8 Å². The van der Waals surface area contributed by atoms with Crippen LogP contribution in [0.3, 0.4) is 0 Å². The third-order valence-electron chi connectivity index (χ3n) is 0.855. The van der Waals surface area contributed by atoms with Crippen LogP contribution in [-0.4, -0.2) is 20.4 Å². The molecule has 2 rings (SSSR count). The minimum absolute atomic E-state index is 0.384. The Morgan fingerprint density at radius 1 is 1.00 bits per heavy atom. The van der Waals surface area contributed by atoms with Gasteiger partial charge < -0.3 is 8.83 Å². The van der Waals surface area contributed by atoms with Crippen LogP contribution in [0.5, 0.6) is 0 Å². The zero-order chi connectivity index (χ0) is 7.52. The highest BCUT2D eigenvalue weighted by Crippen LogP contribution is 2.21. The number of hydrogen-bond donors (Lipinski definition) is 0. The fourth-order valence-corrected chi connectivity index (χ4v) is 0.997. The lowest BCUT2D eigenvalue weighted by Crippen LogP contribution is -1.73. The van der Waals surface area contributed by atoms with E-state index in [0.717, 1.165) is 11.8 Å². The van der Waals surface area contributed by atoms with Gasteiger partial charge >= 0.3 is 0 Å². The molecule has 0 aliphatic rings. The van der Waals surface area contributed by atoms with Crippen molar-refractivity contribution in [1.82, 2.24) is 20.4 Å². The van der Waals surface area contributed by atoms with E-state index in [9.17, 15) is 0 Å². The fourth-order valence-electron chi connectivity index (χ4n) is 0.490. The van der Waals surface area contributed by atoms with Gasteiger partial charge in [0.05, 0.1) is 0 Å². The van der Waals surface area contributed by atoms with Crippen LogP contribution < -0.4 is 0 Å². The van der Waals surface area contributed by atoms with E-state index in [-0.39, 0.29) is 0 Å². The third kappa shape index (κ3) is 1.37. The first-order valence-corrected chi connectivity index (χ1v) is 3.47. The minimum atomic E-state index is 0.384. The molecule has 0 unspecified atom stereocenters. The first kappa shape index (κ1) is 6.35. The van der Waals surface area contributed by atoms with Gasteiger partial charge in [-0.25, -0.2) is 0 Å². The van der Waals surface area contributed by atoms with Crippen molar-refractivity contribution < 1.29 is 8.83 Å². The molecule has 0 saturated heterocycles. The molecule has 0 radical (unpaired) electrons. The van der Waals surface area contributed by atoms with E-state index < -0.39 is 0 Å². The van der Waals surface area contributed by atoms with E-state index in [2.05, 4.69) is 20.4 Å². The van der Waals surface area contributed by atoms with Crippen LogP contribution in [0.15, 0.2) is 32.1 Å². The van der Waals surface area contributed by atoms with Gasteiger partial charge in [0, 0.05) is 11.8 Å². The largest absolute Gasteiger partial charge is 0.418 e. The monoisotopic (exact) mass is 170 g/mol. The van der Waals surface area contributed by atoms with Crippen LogP contribution in [0.25, 0.3) is 0 Å². The highest BCUT2D eigenvalue weighted by atomic mass is 32.2.